The SMILES string of the molecule is CN(Cc1ccc(OC(F)F)cc1)C(=O)c1cccc(-n2cnnn2)c1. The van der Waals surface area contributed by atoms with Gasteiger partial charge in [0.25, 0.3) is 5.91 Å². The van der Waals surface area contributed by atoms with Gasteiger partial charge in [0.2, 0.25) is 0 Å². The molecule has 0 saturated carbocycles. The summed E-state index contributed by atoms with van der Waals surface area (Å²) in [6.07, 6.45) is 1.44. The molecule has 0 fully saturated rings. The summed E-state index contributed by atoms with van der Waals surface area (Å²) in [6.45, 7) is -2.54. The zero-order valence-electron chi connectivity index (χ0n) is 13.8. The lowest BCUT2D eigenvalue weighted by molar-refractivity contribution is -0.0498. The van der Waals surface area contributed by atoms with Gasteiger partial charge in [-0.2, -0.15) is 8.78 Å². The fourth-order valence-electron chi connectivity index (χ4n) is 2.40. The van der Waals surface area contributed by atoms with Crippen molar-refractivity contribution in [3.63, 3.8) is 0 Å². The Labute approximate surface area is 147 Å². The van der Waals surface area contributed by atoms with Gasteiger partial charge >= 0.3 is 6.61 Å². The van der Waals surface area contributed by atoms with Crippen molar-refractivity contribution in [2.45, 2.75) is 13.2 Å². The summed E-state index contributed by atoms with van der Waals surface area (Å²) in [5.41, 5.74) is 1.94. The summed E-state index contributed by atoms with van der Waals surface area (Å²) < 4.78 is 30.1. The van der Waals surface area contributed by atoms with E-state index in [1.165, 1.54) is 28.0 Å². The highest BCUT2D eigenvalue weighted by Crippen LogP contribution is 2.17. The van der Waals surface area contributed by atoms with Crippen LogP contribution >= 0.6 is 0 Å². The van der Waals surface area contributed by atoms with Crippen LogP contribution in [0.25, 0.3) is 5.69 Å². The molecule has 2 aromatic carbocycles. The lowest BCUT2D eigenvalue weighted by Crippen LogP contribution is -2.26. The van der Waals surface area contributed by atoms with E-state index in [-0.39, 0.29) is 11.7 Å². The third kappa shape index (κ3) is 4.18. The molecule has 0 saturated heterocycles. The van der Waals surface area contributed by atoms with Crippen LogP contribution in [0.1, 0.15) is 15.9 Å². The number of benzene rings is 2. The van der Waals surface area contributed by atoms with E-state index in [4.69, 9.17) is 0 Å². The average molecular weight is 359 g/mol. The number of amides is 1. The van der Waals surface area contributed by atoms with Gasteiger partial charge in [-0.25, -0.2) is 4.68 Å². The monoisotopic (exact) mass is 359 g/mol. The first kappa shape index (κ1) is 17.5. The molecule has 0 atom stereocenters. The third-order valence-corrected chi connectivity index (χ3v) is 3.62. The van der Waals surface area contributed by atoms with Crippen molar-refractivity contribution >= 4 is 5.91 Å². The van der Waals surface area contributed by atoms with Crippen molar-refractivity contribution < 1.29 is 18.3 Å². The maximum absolute atomic E-state index is 12.6. The van der Waals surface area contributed by atoms with Gasteiger partial charge in [0.1, 0.15) is 12.1 Å². The van der Waals surface area contributed by atoms with E-state index in [1.54, 1.807) is 43.4 Å². The van der Waals surface area contributed by atoms with Gasteiger partial charge < -0.3 is 9.64 Å². The molecule has 26 heavy (non-hydrogen) atoms. The number of hydrogen-bond donors (Lipinski definition) is 0. The minimum Gasteiger partial charge on any atom is -0.435 e. The molecular weight excluding hydrogens is 344 g/mol. The molecule has 0 radical (unpaired) electrons. The number of carbonyl (C=O) groups excluding carboxylic acids is 1. The summed E-state index contributed by atoms with van der Waals surface area (Å²) in [5, 5.41) is 10.9. The lowest BCUT2D eigenvalue weighted by Gasteiger charge is -2.18. The smallest absolute Gasteiger partial charge is 0.387 e. The van der Waals surface area contributed by atoms with Crippen molar-refractivity contribution in [1.82, 2.24) is 25.1 Å². The predicted molar refractivity (Wildman–Crippen MR) is 88.0 cm³/mol. The molecule has 0 aliphatic carbocycles. The van der Waals surface area contributed by atoms with Gasteiger partial charge in [-0.3, -0.25) is 4.79 Å². The zero-order chi connectivity index (χ0) is 18.5. The van der Waals surface area contributed by atoms with Crippen molar-refractivity contribution in [1.29, 1.82) is 0 Å². The van der Waals surface area contributed by atoms with E-state index in [0.717, 1.165) is 5.56 Å². The lowest BCUT2D eigenvalue weighted by atomic mass is 10.1. The van der Waals surface area contributed by atoms with Gasteiger partial charge in [-0.1, -0.05) is 18.2 Å². The molecule has 1 heterocycles. The van der Waals surface area contributed by atoms with Crippen molar-refractivity contribution in [2.24, 2.45) is 0 Å². The molecule has 134 valence electrons. The highest BCUT2D eigenvalue weighted by Gasteiger charge is 2.13. The number of hydrogen-bond acceptors (Lipinski definition) is 5. The predicted octanol–water partition coefficient (Wildman–Crippen LogP) is 2.54. The van der Waals surface area contributed by atoms with Crippen LogP contribution in [0.4, 0.5) is 8.78 Å². The molecule has 0 N–H and O–H groups in total. The van der Waals surface area contributed by atoms with Crippen LogP contribution in [0, 0.1) is 0 Å². The van der Waals surface area contributed by atoms with Gasteiger partial charge in [-0.05, 0) is 46.3 Å². The fraction of sp³-hybridized carbons (Fsp3) is 0.176. The third-order valence-electron chi connectivity index (χ3n) is 3.62. The van der Waals surface area contributed by atoms with Gasteiger partial charge in [0.15, 0.2) is 0 Å². The summed E-state index contributed by atoms with van der Waals surface area (Å²) in [7, 11) is 1.66. The van der Waals surface area contributed by atoms with E-state index in [2.05, 4.69) is 20.3 Å². The van der Waals surface area contributed by atoms with E-state index in [9.17, 15) is 13.6 Å². The highest BCUT2D eigenvalue weighted by atomic mass is 19.3. The normalized spacial score (nSPS) is 10.8. The molecule has 0 bridgehead atoms. The van der Waals surface area contributed by atoms with Crippen molar-refractivity contribution in [3.8, 4) is 11.4 Å². The Balaban J connectivity index is 1.69. The molecule has 0 unspecified atom stereocenters. The Morgan fingerprint density at radius 1 is 1.23 bits per heavy atom. The quantitative estimate of drug-likeness (QED) is 0.676. The van der Waals surface area contributed by atoms with E-state index in [1.807, 2.05) is 0 Å². The highest BCUT2D eigenvalue weighted by molar-refractivity contribution is 5.94. The maximum Gasteiger partial charge on any atom is 0.387 e. The largest absolute Gasteiger partial charge is 0.435 e. The van der Waals surface area contributed by atoms with Crippen LogP contribution in [0.2, 0.25) is 0 Å². The summed E-state index contributed by atoms with van der Waals surface area (Å²) >= 11 is 0. The summed E-state index contributed by atoms with van der Waals surface area (Å²) in [4.78, 5) is 14.2. The number of rotatable bonds is 6. The topological polar surface area (TPSA) is 73.1 Å². The number of aromatic nitrogens is 4. The number of nitrogens with zero attached hydrogens (tertiary/aromatic N) is 5. The maximum atomic E-state index is 12.6. The molecule has 3 rings (SSSR count). The van der Waals surface area contributed by atoms with E-state index < -0.39 is 6.61 Å². The second kappa shape index (κ2) is 7.68. The fourth-order valence-corrected chi connectivity index (χ4v) is 2.40. The summed E-state index contributed by atoms with van der Waals surface area (Å²) in [5.74, 6) is -0.111. The number of ether oxygens (including phenoxy) is 1. The first-order chi connectivity index (χ1) is 12.5. The van der Waals surface area contributed by atoms with Crippen LogP contribution in [0.3, 0.4) is 0 Å². The summed E-state index contributed by atoms with van der Waals surface area (Å²) in [6, 6.07) is 13.1. The molecular formula is C17H15F2N5O2. The van der Waals surface area contributed by atoms with Crippen molar-refractivity contribution in [2.75, 3.05) is 7.05 Å². The van der Waals surface area contributed by atoms with Crippen LogP contribution in [-0.4, -0.2) is 44.7 Å². The van der Waals surface area contributed by atoms with Gasteiger partial charge in [-0.15, -0.1) is 5.10 Å². The minimum atomic E-state index is -2.86. The zero-order valence-corrected chi connectivity index (χ0v) is 13.8. The van der Waals surface area contributed by atoms with Crippen LogP contribution in [0.5, 0.6) is 5.75 Å². The Morgan fingerprint density at radius 3 is 2.65 bits per heavy atom. The standard InChI is InChI=1S/C17H15F2N5O2/c1-23(10-12-5-7-15(8-6-12)26-17(18)19)16(25)13-3-2-4-14(9-13)24-11-20-21-22-24/h2-9,11,17H,10H2,1H3. The molecule has 7 nitrogen and oxygen atoms in total. The molecule has 3 aromatic rings. The minimum absolute atomic E-state index is 0.0758. The number of halogens is 2. The second-order valence-corrected chi connectivity index (χ2v) is 5.49. The second-order valence-electron chi connectivity index (χ2n) is 5.49. The van der Waals surface area contributed by atoms with Crippen LogP contribution in [0.15, 0.2) is 54.9 Å². The van der Waals surface area contributed by atoms with Crippen LogP contribution in [-0.2, 0) is 6.54 Å². The van der Waals surface area contributed by atoms with Gasteiger partial charge in [0.05, 0.1) is 5.69 Å². The molecule has 1 amide bonds. The number of carbonyl (C=O) groups is 1. The van der Waals surface area contributed by atoms with Crippen LogP contribution < -0.4 is 4.74 Å². The van der Waals surface area contributed by atoms with Gasteiger partial charge in [0, 0.05) is 19.2 Å². The molecule has 0 aliphatic heterocycles. The van der Waals surface area contributed by atoms with Crippen molar-refractivity contribution in [3.05, 3.63) is 66.0 Å². The Morgan fingerprint density at radius 2 is 2.00 bits per heavy atom. The Kier molecular flexibility index (Phi) is 5.16. The Bertz CT molecular complexity index is 869. The number of alkyl halides is 2. The molecule has 1 aromatic heterocycles. The first-order valence-corrected chi connectivity index (χ1v) is 7.65. The average Bonchev–Trinajstić information content (AvgIpc) is 3.17. The molecule has 0 aliphatic rings. The first-order valence-electron chi connectivity index (χ1n) is 7.65. The van der Waals surface area contributed by atoms with E-state index >= 15 is 0 Å². The van der Waals surface area contributed by atoms with E-state index in [0.29, 0.717) is 17.8 Å². The molecule has 9 heteroatoms. The molecule has 0 spiro atoms. The number of tetrazole rings is 1. The Hall–Kier alpha value is -3.36.